The van der Waals surface area contributed by atoms with E-state index in [9.17, 15) is 0 Å². The number of aliphatic imine (C=N–C) groups is 1. The lowest BCUT2D eigenvalue weighted by Crippen LogP contribution is -2.47. The molecule has 0 saturated carbocycles. The predicted molar refractivity (Wildman–Crippen MR) is 131 cm³/mol. The van der Waals surface area contributed by atoms with Crippen LogP contribution in [0, 0.1) is 0 Å². The number of hydrogen-bond donors (Lipinski definition) is 3. The van der Waals surface area contributed by atoms with E-state index in [1.807, 2.05) is 13.1 Å². The minimum Gasteiger partial charge on any atom is -0.497 e. The first-order valence-electron chi connectivity index (χ1n) is 9.99. The number of rotatable bonds is 8. The Morgan fingerprint density at radius 2 is 1.79 bits per heavy atom. The summed E-state index contributed by atoms with van der Waals surface area (Å²) in [5.74, 6) is 2.53. The lowest BCUT2D eigenvalue weighted by molar-refractivity contribution is 0.321. The Hall–Kier alpha value is -1.26. The van der Waals surface area contributed by atoms with Gasteiger partial charge >= 0.3 is 0 Å². The van der Waals surface area contributed by atoms with Crippen molar-refractivity contribution >= 4 is 29.9 Å². The molecular formula is C21H38IN5O2. The maximum Gasteiger partial charge on any atom is 0.191 e. The fraction of sp³-hybridized carbons (Fsp3) is 0.667. The Balaban J connectivity index is 0.00000420. The van der Waals surface area contributed by atoms with E-state index in [4.69, 9.17) is 9.47 Å². The van der Waals surface area contributed by atoms with E-state index in [0.29, 0.717) is 6.04 Å². The summed E-state index contributed by atoms with van der Waals surface area (Å²) in [6, 6.07) is 6.45. The zero-order chi connectivity index (χ0) is 20.6. The molecule has 1 fully saturated rings. The van der Waals surface area contributed by atoms with E-state index in [-0.39, 0.29) is 29.5 Å². The van der Waals surface area contributed by atoms with Gasteiger partial charge in [-0.2, -0.15) is 0 Å². The summed E-state index contributed by atoms with van der Waals surface area (Å²) in [6.07, 6.45) is 1.10. The molecule has 3 N–H and O–H groups in total. The van der Waals surface area contributed by atoms with Crippen LogP contribution in [0.2, 0.25) is 0 Å². The second-order valence-corrected chi connectivity index (χ2v) is 8.26. The number of ether oxygens (including phenoxy) is 2. The molecule has 0 spiro atoms. The summed E-state index contributed by atoms with van der Waals surface area (Å²) in [5.41, 5.74) is 1.33. The number of methoxy groups -OCH3 is 2. The van der Waals surface area contributed by atoms with Crippen LogP contribution in [0.1, 0.15) is 32.8 Å². The van der Waals surface area contributed by atoms with Crippen LogP contribution in [0.3, 0.4) is 0 Å². The molecule has 166 valence electrons. The Kier molecular flexibility index (Phi) is 11.1. The molecule has 7 nitrogen and oxygen atoms in total. The van der Waals surface area contributed by atoms with Crippen molar-refractivity contribution in [3.8, 4) is 11.5 Å². The number of nitrogens with zero attached hydrogens (tertiary/aromatic N) is 2. The second kappa shape index (κ2) is 12.4. The molecule has 1 unspecified atom stereocenters. The van der Waals surface area contributed by atoms with Crippen LogP contribution in [0.4, 0.5) is 0 Å². The van der Waals surface area contributed by atoms with Crippen LogP contribution in [0.5, 0.6) is 11.5 Å². The van der Waals surface area contributed by atoms with Gasteiger partial charge in [-0.15, -0.1) is 24.0 Å². The van der Waals surface area contributed by atoms with Gasteiger partial charge in [0.05, 0.1) is 14.2 Å². The van der Waals surface area contributed by atoms with Crippen LogP contribution in [-0.2, 0) is 6.54 Å². The summed E-state index contributed by atoms with van der Waals surface area (Å²) in [6.45, 7) is 11.2. The number of likely N-dealkylation sites (tertiary alicyclic amines) is 1. The zero-order valence-corrected chi connectivity index (χ0v) is 21.0. The molecule has 1 aliphatic rings. The number of hydrogen-bond acceptors (Lipinski definition) is 5. The third-order valence-electron chi connectivity index (χ3n) is 4.73. The first-order valence-corrected chi connectivity index (χ1v) is 9.99. The highest BCUT2D eigenvalue weighted by Crippen LogP contribution is 2.24. The van der Waals surface area contributed by atoms with E-state index in [0.717, 1.165) is 56.6 Å². The van der Waals surface area contributed by atoms with Crippen molar-refractivity contribution in [3.63, 3.8) is 0 Å². The first kappa shape index (κ1) is 25.8. The smallest absolute Gasteiger partial charge is 0.191 e. The fourth-order valence-corrected chi connectivity index (χ4v) is 3.32. The van der Waals surface area contributed by atoms with Crippen molar-refractivity contribution < 1.29 is 9.47 Å². The van der Waals surface area contributed by atoms with Gasteiger partial charge in [0.15, 0.2) is 5.96 Å². The van der Waals surface area contributed by atoms with Crippen molar-refractivity contribution in [2.45, 2.75) is 45.3 Å². The van der Waals surface area contributed by atoms with E-state index in [1.54, 1.807) is 14.2 Å². The first-order chi connectivity index (χ1) is 13.3. The van der Waals surface area contributed by atoms with Crippen LogP contribution in [0.15, 0.2) is 23.2 Å². The quantitative estimate of drug-likeness (QED) is 0.212. The van der Waals surface area contributed by atoms with Crippen molar-refractivity contribution in [3.05, 3.63) is 23.8 Å². The number of halogens is 1. The lowest BCUT2D eigenvalue weighted by Gasteiger charge is -2.22. The Morgan fingerprint density at radius 3 is 2.34 bits per heavy atom. The Labute approximate surface area is 193 Å². The molecule has 29 heavy (non-hydrogen) atoms. The molecule has 0 aliphatic carbocycles. The number of benzene rings is 1. The third kappa shape index (κ3) is 9.39. The van der Waals surface area contributed by atoms with Gasteiger partial charge in [-0.1, -0.05) is 0 Å². The normalized spacial score (nSPS) is 17.6. The maximum atomic E-state index is 5.38. The molecule has 2 rings (SSSR count). The highest BCUT2D eigenvalue weighted by molar-refractivity contribution is 14.0. The van der Waals surface area contributed by atoms with Crippen LogP contribution >= 0.6 is 24.0 Å². The summed E-state index contributed by atoms with van der Waals surface area (Å²) in [7, 11) is 5.19. The van der Waals surface area contributed by atoms with Crippen molar-refractivity contribution in [1.82, 2.24) is 20.9 Å². The van der Waals surface area contributed by atoms with Gasteiger partial charge in [-0.3, -0.25) is 9.89 Å². The molecule has 0 aromatic heterocycles. The topological polar surface area (TPSA) is 70.2 Å². The molecular weight excluding hydrogens is 481 g/mol. The molecule has 1 saturated heterocycles. The van der Waals surface area contributed by atoms with E-state index in [1.165, 1.54) is 5.56 Å². The van der Waals surface area contributed by atoms with E-state index < -0.39 is 0 Å². The lowest BCUT2D eigenvalue weighted by atomic mass is 10.1. The summed E-state index contributed by atoms with van der Waals surface area (Å²) >= 11 is 0. The summed E-state index contributed by atoms with van der Waals surface area (Å²) in [4.78, 5) is 6.80. The monoisotopic (exact) mass is 519 g/mol. The van der Waals surface area contributed by atoms with Crippen LogP contribution in [-0.4, -0.2) is 69.9 Å². The molecule has 0 amide bonds. The maximum absolute atomic E-state index is 5.38. The van der Waals surface area contributed by atoms with Gasteiger partial charge < -0.3 is 25.4 Å². The van der Waals surface area contributed by atoms with Gasteiger partial charge in [0.1, 0.15) is 11.5 Å². The molecule has 1 atom stereocenters. The van der Waals surface area contributed by atoms with Gasteiger partial charge in [0.25, 0.3) is 0 Å². The van der Waals surface area contributed by atoms with Crippen LogP contribution < -0.4 is 25.4 Å². The molecule has 1 aliphatic heterocycles. The fourth-order valence-electron chi connectivity index (χ4n) is 3.32. The van der Waals surface area contributed by atoms with Crippen LogP contribution in [0.25, 0.3) is 0 Å². The van der Waals surface area contributed by atoms with E-state index in [2.05, 4.69) is 58.7 Å². The SMILES string of the molecule is CN=C(NCCNC(C)(C)C)NC1CCN(Cc2cc(OC)cc(OC)c2)C1.I. The molecule has 1 aromatic rings. The highest BCUT2D eigenvalue weighted by atomic mass is 127. The highest BCUT2D eigenvalue weighted by Gasteiger charge is 2.23. The average Bonchev–Trinajstić information content (AvgIpc) is 3.09. The average molecular weight is 519 g/mol. The largest absolute Gasteiger partial charge is 0.497 e. The third-order valence-corrected chi connectivity index (χ3v) is 4.73. The van der Waals surface area contributed by atoms with Gasteiger partial charge in [-0.05, 0) is 44.9 Å². The van der Waals surface area contributed by atoms with Gasteiger partial charge in [0.2, 0.25) is 0 Å². The predicted octanol–water partition coefficient (Wildman–Crippen LogP) is 2.45. The molecule has 0 radical (unpaired) electrons. The minimum absolute atomic E-state index is 0. The Morgan fingerprint density at radius 1 is 1.14 bits per heavy atom. The summed E-state index contributed by atoms with van der Waals surface area (Å²) in [5, 5.41) is 10.4. The minimum atomic E-state index is 0. The molecule has 1 heterocycles. The molecule has 1 aromatic carbocycles. The van der Waals surface area contributed by atoms with Crippen molar-refractivity contribution in [2.75, 3.05) is 47.4 Å². The van der Waals surface area contributed by atoms with Gasteiger partial charge in [-0.25, -0.2) is 0 Å². The molecule has 8 heteroatoms. The number of nitrogens with one attached hydrogen (secondary N) is 3. The van der Waals surface area contributed by atoms with E-state index >= 15 is 0 Å². The molecule has 0 bridgehead atoms. The number of guanidine groups is 1. The van der Waals surface area contributed by atoms with Gasteiger partial charge in [0, 0.05) is 57.4 Å². The van der Waals surface area contributed by atoms with Crippen molar-refractivity contribution in [2.24, 2.45) is 4.99 Å². The van der Waals surface area contributed by atoms with Crippen molar-refractivity contribution in [1.29, 1.82) is 0 Å². The second-order valence-electron chi connectivity index (χ2n) is 8.26. The Bertz CT molecular complexity index is 626. The zero-order valence-electron chi connectivity index (χ0n) is 18.7. The summed E-state index contributed by atoms with van der Waals surface area (Å²) < 4.78 is 10.8. The standard InChI is InChI=1S/C21H37N5O2.HI/c1-21(2,3)24-9-8-23-20(22-4)25-17-7-10-26(15-17)14-16-11-18(27-5)13-19(12-16)28-6;/h11-13,17,24H,7-10,14-15H2,1-6H3,(H2,22,23,25);1H.